The van der Waals surface area contributed by atoms with E-state index in [1.165, 1.54) is 12.1 Å². The number of halogens is 1. The summed E-state index contributed by atoms with van der Waals surface area (Å²) in [6.07, 6.45) is 2.09. The maximum Gasteiger partial charge on any atom is 0.254 e. The fourth-order valence-corrected chi connectivity index (χ4v) is 4.27. The maximum atomic E-state index is 13.6. The Morgan fingerprint density at radius 3 is 2.66 bits per heavy atom. The first-order chi connectivity index (χ1) is 14.0. The third-order valence-electron chi connectivity index (χ3n) is 5.60. The van der Waals surface area contributed by atoms with Gasteiger partial charge < -0.3 is 10.6 Å². The molecule has 148 valence electrons. The number of aryl methyl sites for hydroxylation is 1. The van der Waals surface area contributed by atoms with Gasteiger partial charge in [-0.05, 0) is 56.0 Å². The fourth-order valence-electron chi connectivity index (χ4n) is 4.27. The Morgan fingerprint density at radius 2 is 1.90 bits per heavy atom. The molecule has 2 aromatic carbocycles. The smallest absolute Gasteiger partial charge is 0.254 e. The molecule has 5 heteroatoms. The molecule has 1 atom stereocenters. The molecule has 2 N–H and O–H groups in total. The highest BCUT2D eigenvalue weighted by atomic mass is 19.1. The summed E-state index contributed by atoms with van der Waals surface area (Å²) >= 11 is 0. The van der Waals surface area contributed by atoms with E-state index in [9.17, 15) is 14.0 Å². The molecule has 1 heterocycles. The summed E-state index contributed by atoms with van der Waals surface area (Å²) < 4.78 is 13.6. The molecule has 0 saturated carbocycles. The molecule has 2 aromatic rings. The van der Waals surface area contributed by atoms with Gasteiger partial charge in [0.25, 0.3) is 5.91 Å². The van der Waals surface area contributed by atoms with Gasteiger partial charge in [0.15, 0.2) is 5.78 Å². The van der Waals surface area contributed by atoms with Crippen molar-refractivity contribution in [3.8, 4) is 0 Å². The van der Waals surface area contributed by atoms with E-state index in [1.54, 1.807) is 12.1 Å². The largest absolute Gasteiger partial charge is 0.362 e. The lowest BCUT2D eigenvalue weighted by Crippen LogP contribution is -2.35. The third-order valence-corrected chi connectivity index (χ3v) is 5.60. The zero-order valence-corrected chi connectivity index (χ0v) is 16.5. The van der Waals surface area contributed by atoms with E-state index in [0.29, 0.717) is 23.3 Å². The molecule has 1 unspecified atom stereocenters. The number of carbonyl (C=O) groups excluding carboxylic acids is 2. The van der Waals surface area contributed by atoms with E-state index in [1.807, 2.05) is 38.1 Å². The number of ketones is 1. The number of dihydropyridines is 1. The van der Waals surface area contributed by atoms with Crippen molar-refractivity contribution in [2.45, 2.75) is 39.0 Å². The number of nitrogens with one attached hydrogen (secondary N) is 2. The monoisotopic (exact) mass is 390 g/mol. The van der Waals surface area contributed by atoms with E-state index in [-0.39, 0.29) is 11.7 Å². The van der Waals surface area contributed by atoms with E-state index < -0.39 is 11.7 Å². The highest BCUT2D eigenvalue weighted by molar-refractivity contribution is 6.09. The first kappa shape index (κ1) is 19.1. The molecule has 0 radical (unpaired) electrons. The predicted molar refractivity (Wildman–Crippen MR) is 111 cm³/mol. The second-order valence-corrected chi connectivity index (χ2v) is 7.59. The van der Waals surface area contributed by atoms with Crippen LogP contribution in [0.1, 0.15) is 43.2 Å². The second-order valence-electron chi connectivity index (χ2n) is 7.59. The topological polar surface area (TPSA) is 58.2 Å². The van der Waals surface area contributed by atoms with Crippen molar-refractivity contribution in [3.05, 3.63) is 88.0 Å². The minimum Gasteiger partial charge on any atom is -0.362 e. The van der Waals surface area contributed by atoms with Crippen molar-refractivity contribution >= 4 is 17.4 Å². The van der Waals surface area contributed by atoms with Crippen molar-refractivity contribution in [3.63, 3.8) is 0 Å². The van der Waals surface area contributed by atoms with Gasteiger partial charge in [-0.15, -0.1) is 0 Å². The molecule has 4 rings (SSSR count). The van der Waals surface area contributed by atoms with Gasteiger partial charge in [0, 0.05) is 40.6 Å². The molecule has 2 aliphatic rings. The lowest BCUT2D eigenvalue weighted by atomic mass is 9.74. The molecule has 0 bridgehead atoms. The summed E-state index contributed by atoms with van der Waals surface area (Å²) in [5.41, 5.74) is 5.16. The van der Waals surface area contributed by atoms with Crippen LogP contribution < -0.4 is 10.6 Å². The van der Waals surface area contributed by atoms with E-state index in [0.717, 1.165) is 35.4 Å². The molecule has 4 nitrogen and oxygen atoms in total. The predicted octanol–water partition coefficient (Wildman–Crippen LogP) is 4.74. The SMILES string of the molecule is CC1=C(C(=O)Nc2cccc(F)c2)C(c2ccccc2C)C2=C(CCCC2=O)N1. The maximum absolute atomic E-state index is 13.6. The zero-order valence-electron chi connectivity index (χ0n) is 16.5. The van der Waals surface area contributed by atoms with Crippen LogP contribution in [0.25, 0.3) is 0 Å². The van der Waals surface area contributed by atoms with Crippen LogP contribution >= 0.6 is 0 Å². The number of benzene rings is 2. The van der Waals surface area contributed by atoms with Crippen molar-refractivity contribution < 1.29 is 14.0 Å². The molecule has 0 fully saturated rings. The van der Waals surface area contributed by atoms with Crippen LogP contribution in [0, 0.1) is 12.7 Å². The van der Waals surface area contributed by atoms with Crippen molar-refractivity contribution in [1.29, 1.82) is 0 Å². The van der Waals surface area contributed by atoms with Crippen LogP contribution in [-0.4, -0.2) is 11.7 Å². The molecule has 1 amide bonds. The highest BCUT2D eigenvalue weighted by Crippen LogP contribution is 2.43. The Morgan fingerprint density at radius 1 is 1.10 bits per heavy atom. The number of anilines is 1. The standard InChI is InChI=1S/C24H23FN2O2/c1-14-7-3-4-10-18(14)22-21(24(29)27-17-9-5-8-16(25)13-17)15(2)26-19-11-6-12-20(28)23(19)22/h3-5,7-10,13,22,26H,6,11-12H2,1-2H3,(H,27,29). The number of hydrogen-bond donors (Lipinski definition) is 2. The molecule has 29 heavy (non-hydrogen) atoms. The number of rotatable bonds is 3. The minimum atomic E-state index is -0.436. The molecule has 0 spiro atoms. The summed E-state index contributed by atoms with van der Waals surface area (Å²) in [7, 11) is 0. The van der Waals surface area contributed by atoms with Crippen LogP contribution in [0.4, 0.5) is 10.1 Å². The highest BCUT2D eigenvalue weighted by Gasteiger charge is 2.38. The summed E-state index contributed by atoms with van der Waals surface area (Å²) in [5, 5.41) is 6.10. The average molecular weight is 390 g/mol. The van der Waals surface area contributed by atoms with Gasteiger partial charge in [0.1, 0.15) is 5.82 Å². The van der Waals surface area contributed by atoms with Gasteiger partial charge in [0.05, 0.1) is 0 Å². The van der Waals surface area contributed by atoms with Gasteiger partial charge in [-0.3, -0.25) is 9.59 Å². The van der Waals surface area contributed by atoms with Gasteiger partial charge in [-0.1, -0.05) is 30.3 Å². The van der Waals surface area contributed by atoms with Gasteiger partial charge in [0.2, 0.25) is 0 Å². The summed E-state index contributed by atoms with van der Waals surface area (Å²) in [6, 6.07) is 13.6. The summed E-state index contributed by atoms with van der Waals surface area (Å²) in [5.74, 6) is -1.11. The Hall–Kier alpha value is -3.21. The zero-order chi connectivity index (χ0) is 20.5. The third kappa shape index (κ3) is 3.60. The number of hydrogen-bond acceptors (Lipinski definition) is 3. The number of Topliss-reactive ketones (excluding diaryl/α,β-unsaturated/α-hetero) is 1. The second kappa shape index (κ2) is 7.66. The molecule has 0 aromatic heterocycles. The van der Waals surface area contributed by atoms with E-state index in [2.05, 4.69) is 10.6 Å². The van der Waals surface area contributed by atoms with Crippen LogP contribution in [0.3, 0.4) is 0 Å². The van der Waals surface area contributed by atoms with Crippen LogP contribution in [-0.2, 0) is 9.59 Å². The van der Waals surface area contributed by atoms with E-state index >= 15 is 0 Å². The van der Waals surface area contributed by atoms with Crippen LogP contribution in [0.15, 0.2) is 71.1 Å². The van der Waals surface area contributed by atoms with Gasteiger partial charge in [-0.2, -0.15) is 0 Å². The Bertz CT molecular complexity index is 1070. The Balaban J connectivity index is 1.81. The van der Waals surface area contributed by atoms with Gasteiger partial charge >= 0.3 is 0 Å². The van der Waals surface area contributed by atoms with E-state index in [4.69, 9.17) is 0 Å². The summed E-state index contributed by atoms with van der Waals surface area (Å²) in [6.45, 7) is 3.84. The molecule has 1 aliphatic heterocycles. The van der Waals surface area contributed by atoms with Gasteiger partial charge in [-0.25, -0.2) is 4.39 Å². The van der Waals surface area contributed by atoms with Crippen molar-refractivity contribution in [2.75, 3.05) is 5.32 Å². The lowest BCUT2D eigenvalue weighted by molar-refractivity contribution is -0.116. The quantitative estimate of drug-likeness (QED) is 0.796. The number of allylic oxidation sites excluding steroid dienone is 3. The number of carbonyl (C=O) groups is 2. The molecular weight excluding hydrogens is 367 g/mol. The summed E-state index contributed by atoms with van der Waals surface area (Å²) in [4.78, 5) is 26.2. The lowest BCUT2D eigenvalue weighted by Gasteiger charge is -2.35. The minimum absolute atomic E-state index is 0.0792. The molecular formula is C24H23FN2O2. The first-order valence-electron chi connectivity index (χ1n) is 9.82. The van der Waals surface area contributed by atoms with Crippen molar-refractivity contribution in [2.24, 2.45) is 0 Å². The fraction of sp³-hybridized carbons (Fsp3) is 0.250. The average Bonchev–Trinajstić information content (AvgIpc) is 2.67. The number of amides is 1. The van der Waals surface area contributed by atoms with Crippen LogP contribution in [0.5, 0.6) is 0 Å². The molecule has 1 aliphatic carbocycles. The van der Waals surface area contributed by atoms with Crippen molar-refractivity contribution in [1.82, 2.24) is 5.32 Å². The van der Waals surface area contributed by atoms with Crippen LogP contribution in [0.2, 0.25) is 0 Å². The first-order valence-corrected chi connectivity index (χ1v) is 9.82. The Kier molecular flexibility index (Phi) is 5.05. The molecule has 0 saturated heterocycles. The normalized spacial score (nSPS) is 19.0. The Labute approximate surface area is 169 Å².